The summed E-state index contributed by atoms with van der Waals surface area (Å²) >= 11 is 1.55. The first-order valence-corrected chi connectivity index (χ1v) is 12.8. The second kappa shape index (κ2) is 8.62. The number of nitrogens with one attached hydrogen (secondary N) is 3. The van der Waals surface area contributed by atoms with E-state index in [1.807, 2.05) is 23.7 Å². The molecule has 1 aliphatic heterocycles. The Labute approximate surface area is 207 Å². The highest BCUT2D eigenvalue weighted by atomic mass is 32.1. The molecule has 0 unspecified atom stereocenters. The van der Waals surface area contributed by atoms with Crippen LogP contribution in [-0.4, -0.2) is 44.1 Å². The number of rotatable bonds is 5. The van der Waals surface area contributed by atoms with Crippen molar-refractivity contribution in [1.29, 1.82) is 0 Å². The standard InChI is InChI=1S/C27H28N6OS/c1-27(2)8-4-10-33(16-27)14-25-30-24(15-35-25)26(34)31-22-11-17(12-23-20(22)13-29-32-23)18-5-3-6-21-19(18)7-9-28-21/h3,5-7,9,11-13,15,28H,4,8,10,14,16H2,1-2H3,(H,29,32)(H,31,34). The summed E-state index contributed by atoms with van der Waals surface area (Å²) in [6, 6.07) is 12.3. The molecular weight excluding hydrogens is 456 g/mol. The van der Waals surface area contributed by atoms with Crippen LogP contribution < -0.4 is 5.32 Å². The average molecular weight is 485 g/mol. The number of aromatic amines is 2. The molecule has 3 N–H and O–H groups in total. The van der Waals surface area contributed by atoms with Gasteiger partial charge in [0, 0.05) is 34.4 Å². The van der Waals surface area contributed by atoms with Crippen molar-refractivity contribution in [2.45, 2.75) is 33.2 Å². The van der Waals surface area contributed by atoms with E-state index in [1.54, 1.807) is 17.5 Å². The molecule has 1 saturated heterocycles. The summed E-state index contributed by atoms with van der Waals surface area (Å²) in [6.07, 6.45) is 6.15. The maximum absolute atomic E-state index is 13.2. The van der Waals surface area contributed by atoms with Crippen molar-refractivity contribution in [3.05, 3.63) is 64.9 Å². The monoisotopic (exact) mass is 484 g/mol. The maximum Gasteiger partial charge on any atom is 0.275 e. The van der Waals surface area contributed by atoms with Gasteiger partial charge in [0.25, 0.3) is 5.91 Å². The van der Waals surface area contributed by atoms with Crippen LogP contribution in [-0.2, 0) is 6.54 Å². The third-order valence-electron chi connectivity index (χ3n) is 6.84. The van der Waals surface area contributed by atoms with Crippen LogP contribution in [0.5, 0.6) is 0 Å². The van der Waals surface area contributed by atoms with Crippen LogP contribution in [0.4, 0.5) is 5.69 Å². The van der Waals surface area contributed by atoms with E-state index < -0.39 is 0 Å². The number of benzene rings is 2. The highest BCUT2D eigenvalue weighted by molar-refractivity contribution is 7.09. The summed E-state index contributed by atoms with van der Waals surface area (Å²) in [5, 5.41) is 15.2. The Kier molecular flexibility index (Phi) is 5.42. The molecule has 178 valence electrons. The molecule has 1 amide bonds. The van der Waals surface area contributed by atoms with Crippen LogP contribution >= 0.6 is 11.3 Å². The Morgan fingerprint density at radius 3 is 3.00 bits per heavy atom. The summed E-state index contributed by atoms with van der Waals surface area (Å²) < 4.78 is 0. The molecule has 1 aliphatic rings. The number of amides is 1. The number of carbonyl (C=O) groups excluding carboxylic acids is 1. The molecular formula is C27H28N6OS. The van der Waals surface area contributed by atoms with Crippen LogP contribution in [0, 0.1) is 5.41 Å². The predicted molar refractivity (Wildman–Crippen MR) is 142 cm³/mol. The lowest BCUT2D eigenvalue weighted by Gasteiger charge is -2.37. The van der Waals surface area contributed by atoms with Gasteiger partial charge in [0.2, 0.25) is 0 Å². The second-order valence-electron chi connectivity index (χ2n) is 10.2. The predicted octanol–water partition coefficient (Wildman–Crippen LogP) is 6.04. The largest absolute Gasteiger partial charge is 0.361 e. The van der Waals surface area contributed by atoms with E-state index in [0.717, 1.165) is 63.3 Å². The number of aromatic nitrogens is 4. The topological polar surface area (TPSA) is 89.7 Å². The molecule has 0 bridgehead atoms. The third kappa shape index (κ3) is 4.35. The average Bonchev–Trinajstić information content (AvgIpc) is 3.58. The number of hydrogen-bond acceptors (Lipinski definition) is 5. The van der Waals surface area contributed by atoms with Crippen LogP contribution in [0.2, 0.25) is 0 Å². The van der Waals surface area contributed by atoms with Crippen LogP contribution in [0.1, 0.15) is 42.2 Å². The number of fused-ring (bicyclic) bond motifs is 2. The van der Waals surface area contributed by atoms with Gasteiger partial charge in [-0.2, -0.15) is 5.10 Å². The minimum Gasteiger partial charge on any atom is -0.361 e. The number of carbonyl (C=O) groups is 1. The molecule has 0 spiro atoms. The first-order chi connectivity index (χ1) is 16.9. The lowest BCUT2D eigenvalue weighted by molar-refractivity contribution is 0.101. The number of anilines is 1. The molecule has 1 fully saturated rings. The number of likely N-dealkylation sites (tertiary alicyclic amines) is 1. The Bertz CT molecular complexity index is 1530. The lowest BCUT2D eigenvalue weighted by atomic mass is 9.84. The zero-order valence-electron chi connectivity index (χ0n) is 19.9. The molecule has 7 nitrogen and oxygen atoms in total. The number of thiazole rings is 1. The molecule has 0 saturated carbocycles. The summed E-state index contributed by atoms with van der Waals surface area (Å²) in [5.74, 6) is -0.203. The van der Waals surface area contributed by atoms with Gasteiger partial charge >= 0.3 is 0 Å². The fraction of sp³-hybridized carbons (Fsp3) is 0.296. The number of nitrogens with zero attached hydrogens (tertiary/aromatic N) is 3. The molecule has 0 atom stereocenters. The van der Waals surface area contributed by atoms with E-state index in [2.05, 4.69) is 68.5 Å². The molecule has 4 heterocycles. The normalized spacial score (nSPS) is 16.2. The van der Waals surface area contributed by atoms with Crippen molar-refractivity contribution < 1.29 is 4.79 Å². The molecule has 5 aromatic rings. The second-order valence-corrected chi connectivity index (χ2v) is 11.1. The van der Waals surface area contributed by atoms with Gasteiger partial charge in [-0.05, 0) is 60.2 Å². The van der Waals surface area contributed by atoms with Gasteiger partial charge in [0.05, 0.1) is 23.9 Å². The van der Waals surface area contributed by atoms with Gasteiger partial charge in [-0.3, -0.25) is 14.8 Å². The van der Waals surface area contributed by atoms with Crippen molar-refractivity contribution in [2.24, 2.45) is 5.41 Å². The van der Waals surface area contributed by atoms with Gasteiger partial charge in [-0.15, -0.1) is 11.3 Å². The van der Waals surface area contributed by atoms with E-state index in [1.165, 1.54) is 12.8 Å². The molecule has 3 aromatic heterocycles. The molecule has 8 heteroatoms. The van der Waals surface area contributed by atoms with Gasteiger partial charge in [-0.25, -0.2) is 4.98 Å². The van der Waals surface area contributed by atoms with E-state index in [9.17, 15) is 4.79 Å². The van der Waals surface area contributed by atoms with Crippen molar-refractivity contribution in [2.75, 3.05) is 18.4 Å². The van der Waals surface area contributed by atoms with Crippen molar-refractivity contribution >= 4 is 44.7 Å². The first-order valence-electron chi connectivity index (χ1n) is 12.0. The summed E-state index contributed by atoms with van der Waals surface area (Å²) in [5.41, 5.74) is 5.56. The van der Waals surface area contributed by atoms with Crippen LogP contribution in [0.25, 0.3) is 32.9 Å². The van der Waals surface area contributed by atoms with E-state index in [0.29, 0.717) is 11.1 Å². The number of piperidine rings is 1. The minimum absolute atomic E-state index is 0.203. The molecule has 2 aromatic carbocycles. The van der Waals surface area contributed by atoms with Gasteiger partial charge in [0.1, 0.15) is 10.7 Å². The SMILES string of the molecule is CC1(C)CCCN(Cc2nc(C(=O)Nc3cc(-c4cccc5[nH]ccc45)cc4[nH]ncc34)cs2)C1. The van der Waals surface area contributed by atoms with E-state index in [-0.39, 0.29) is 5.91 Å². The van der Waals surface area contributed by atoms with Crippen molar-refractivity contribution in [3.8, 4) is 11.1 Å². The van der Waals surface area contributed by atoms with Crippen LogP contribution in [0.3, 0.4) is 0 Å². The van der Waals surface area contributed by atoms with Gasteiger partial charge in [-0.1, -0.05) is 26.0 Å². The summed E-state index contributed by atoms with van der Waals surface area (Å²) in [6.45, 7) is 7.59. The fourth-order valence-electron chi connectivity index (χ4n) is 5.19. The smallest absolute Gasteiger partial charge is 0.275 e. The zero-order valence-corrected chi connectivity index (χ0v) is 20.7. The maximum atomic E-state index is 13.2. The number of H-pyrrole nitrogens is 2. The molecule has 0 radical (unpaired) electrons. The van der Waals surface area contributed by atoms with E-state index in [4.69, 9.17) is 0 Å². The molecule has 0 aliphatic carbocycles. The minimum atomic E-state index is -0.203. The number of hydrogen-bond donors (Lipinski definition) is 3. The zero-order chi connectivity index (χ0) is 24.0. The molecule has 6 rings (SSSR count). The highest BCUT2D eigenvalue weighted by Gasteiger charge is 2.27. The van der Waals surface area contributed by atoms with Crippen molar-refractivity contribution in [1.82, 2.24) is 25.1 Å². The third-order valence-corrected chi connectivity index (χ3v) is 7.67. The summed E-state index contributed by atoms with van der Waals surface area (Å²) in [4.78, 5) is 23.6. The first kappa shape index (κ1) is 22.0. The van der Waals surface area contributed by atoms with Gasteiger partial charge in [0.15, 0.2) is 0 Å². The quantitative estimate of drug-likeness (QED) is 0.284. The highest BCUT2D eigenvalue weighted by Crippen LogP contribution is 2.34. The Morgan fingerprint density at radius 2 is 2.11 bits per heavy atom. The van der Waals surface area contributed by atoms with Gasteiger partial charge < -0.3 is 10.3 Å². The van der Waals surface area contributed by atoms with E-state index >= 15 is 0 Å². The van der Waals surface area contributed by atoms with Crippen molar-refractivity contribution in [3.63, 3.8) is 0 Å². The van der Waals surface area contributed by atoms with Crippen LogP contribution in [0.15, 0.2) is 54.2 Å². The summed E-state index contributed by atoms with van der Waals surface area (Å²) in [7, 11) is 0. The Balaban J connectivity index is 1.26. The fourth-order valence-corrected chi connectivity index (χ4v) is 6.01. The lowest BCUT2D eigenvalue weighted by Crippen LogP contribution is -2.39. The Morgan fingerprint density at radius 1 is 1.20 bits per heavy atom. The Hall–Kier alpha value is -3.49. The molecule has 35 heavy (non-hydrogen) atoms.